The highest BCUT2D eigenvalue weighted by Gasteiger charge is 2.27. The van der Waals surface area contributed by atoms with Gasteiger partial charge in [0.15, 0.2) is 0 Å². The van der Waals surface area contributed by atoms with Crippen LogP contribution in [0.25, 0.3) is 0 Å². The van der Waals surface area contributed by atoms with E-state index in [2.05, 4.69) is 43.2 Å². The fourth-order valence-electron chi connectivity index (χ4n) is 4.45. The first-order valence-corrected chi connectivity index (χ1v) is 12.7. The molecule has 3 rings (SSSR count). The second-order valence-electron chi connectivity index (χ2n) is 11.4. The third-order valence-corrected chi connectivity index (χ3v) is 6.56. The highest BCUT2D eigenvalue weighted by Crippen LogP contribution is 2.31. The van der Waals surface area contributed by atoms with Crippen LogP contribution in [0.2, 0.25) is 5.15 Å². The largest absolute Gasteiger partial charge is 0.444 e. The summed E-state index contributed by atoms with van der Waals surface area (Å²) >= 11 is 6.09. The first-order valence-electron chi connectivity index (χ1n) is 12.4. The van der Waals surface area contributed by atoms with Crippen LogP contribution in [0.1, 0.15) is 82.3 Å². The normalized spacial score (nSPS) is 15.1. The van der Waals surface area contributed by atoms with Gasteiger partial charge in [-0.25, -0.2) is 9.78 Å². The molecule has 0 radical (unpaired) electrons. The second kappa shape index (κ2) is 11.0. The van der Waals surface area contributed by atoms with Gasteiger partial charge in [-0.2, -0.15) is 0 Å². The first kappa shape index (κ1) is 27.0. The van der Waals surface area contributed by atoms with Crippen LogP contribution in [0.4, 0.5) is 10.5 Å². The molecule has 1 saturated heterocycles. The van der Waals surface area contributed by atoms with E-state index < -0.39 is 5.60 Å². The Bertz CT molecular complexity index is 1050. The van der Waals surface area contributed by atoms with Gasteiger partial charge in [-0.05, 0) is 93.2 Å². The topological polar surface area (TPSA) is 71.5 Å². The van der Waals surface area contributed by atoms with Crippen molar-refractivity contribution in [3.63, 3.8) is 0 Å². The molecule has 2 amide bonds. The summed E-state index contributed by atoms with van der Waals surface area (Å²) in [5, 5.41) is 3.16. The maximum atomic E-state index is 12.7. The van der Waals surface area contributed by atoms with Gasteiger partial charge in [-0.3, -0.25) is 4.79 Å². The Morgan fingerprint density at radius 3 is 2.40 bits per heavy atom. The van der Waals surface area contributed by atoms with E-state index in [-0.39, 0.29) is 22.6 Å². The average molecular weight is 500 g/mol. The molecule has 1 aliphatic heterocycles. The van der Waals surface area contributed by atoms with Gasteiger partial charge >= 0.3 is 6.09 Å². The van der Waals surface area contributed by atoms with E-state index in [1.165, 1.54) is 11.1 Å². The Morgan fingerprint density at radius 2 is 1.80 bits per heavy atom. The fraction of sp³-hybridized carbons (Fsp3) is 0.536. The van der Waals surface area contributed by atoms with Crippen molar-refractivity contribution >= 4 is 29.3 Å². The van der Waals surface area contributed by atoms with Crippen LogP contribution in [0.15, 0.2) is 36.5 Å². The Morgan fingerprint density at radius 1 is 1.11 bits per heavy atom. The quantitative estimate of drug-likeness (QED) is 0.456. The molecule has 1 aliphatic rings. The number of halogens is 1. The van der Waals surface area contributed by atoms with Crippen molar-refractivity contribution in [2.75, 3.05) is 18.4 Å². The third kappa shape index (κ3) is 7.69. The zero-order valence-corrected chi connectivity index (χ0v) is 22.5. The molecule has 190 valence electrons. The summed E-state index contributed by atoms with van der Waals surface area (Å²) in [6, 6.07) is 9.51. The van der Waals surface area contributed by atoms with Crippen LogP contribution in [-0.2, 0) is 16.6 Å². The van der Waals surface area contributed by atoms with E-state index in [1.807, 2.05) is 31.7 Å². The average Bonchev–Trinajstić information content (AvgIpc) is 2.76. The lowest BCUT2D eigenvalue weighted by Crippen LogP contribution is -2.41. The summed E-state index contributed by atoms with van der Waals surface area (Å²) < 4.78 is 5.52. The number of piperidine rings is 1. The minimum Gasteiger partial charge on any atom is -0.444 e. The number of carbonyl (C=O) groups is 2. The number of ether oxygens (including phenoxy) is 1. The molecule has 0 unspecified atom stereocenters. The van der Waals surface area contributed by atoms with E-state index in [4.69, 9.17) is 16.3 Å². The number of amides is 2. The lowest BCUT2D eigenvalue weighted by atomic mass is 9.81. The minimum atomic E-state index is -0.472. The van der Waals surface area contributed by atoms with E-state index in [0.29, 0.717) is 11.5 Å². The Kier molecular flexibility index (Phi) is 8.47. The number of carbonyl (C=O) groups excluding carboxylic acids is 2. The van der Waals surface area contributed by atoms with Gasteiger partial charge in [0.1, 0.15) is 10.8 Å². The number of benzene rings is 1. The van der Waals surface area contributed by atoms with Crippen LogP contribution < -0.4 is 5.32 Å². The number of aromatic nitrogens is 1. The molecule has 6 nitrogen and oxygen atoms in total. The predicted molar refractivity (Wildman–Crippen MR) is 141 cm³/mol. The van der Waals surface area contributed by atoms with Gasteiger partial charge in [-0.1, -0.05) is 38.4 Å². The van der Waals surface area contributed by atoms with E-state index in [0.717, 1.165) is 44.5 Å². The molecule has 0 spiro atoms. The number of pyridine rings is 1. The Labute approximate surface area is 214 Å². The van der Waals surface area contributed by atoms with Crippen LogP contribution in [0, 0.1) is 5.92 Å². The number of nitrogens with one attached hydrogen (secondary N) is 1. The van der Waals surface area contributed by atoms with Gasteiger partial charge < -0.3 is 15.0 Å². The lowest BCUT2D eigenvalue weighted by Gasteiger charge is -2.33. The second-order valence-corrected chi connectivity index (χ2v) is 11.7. The van der Waals surface area contributed by atoms with Gasteiger partial charge in [0, 0.05) is 25.0 Å². The standard InChI is InChI=1S/C28H38ClN3O3/c1-27(2,3)23-12-11-21(31-25(33)22-8-7-15-30-24(22)29)18-20(23)10-9-19-13-16-32(17-14-19)26(34)35-28(4,5)6/h7-8,11-12,15,18-19H,9-10,13-14,16-17H2,1-6H3,(H,31,33). The lowest BCUT2D eigenvalue weighted by molar-refractivity contribution is 0.0181. The molecule has 1 fully saturated rings. The number of nitrogens with zero attached hydrogens (tertiary/aromatic N) is 2. The first-order chi connectivity index (χ1) is 16.3. The van der Waals surface area contributed by atoms with Gasteiger partial charge in [0.05, 0.1) is 5.56 Å². The summed E-state index contributed by atoms with van der Waals surface area (Å²) in [7, 11) is 0. The Hall–Kier alpha value is -2.60. The van der Waals surface area contributed by atoms with Crippen LogP contribution in [-0.4, -0.2) is 40.6 Å². The van der Waals surface area contributed by atoms with Crippen molar-refractivity contribution in [2.45, 2.75) is 78.2 Å². The third-order valence-electron chi connectivity index (χ3n) is 6.26. The molecule has 0 atom stereocenters. The number of anilines is 1. The monoisotopic (exact) mass is 499 g/mol. The van der Waals surface area contributed by atoms with E-state index >= 15 is 0 Å². The summed E-state index contributed by atoms with van der Waals surface area (Å²) in [4.78, 5) is 30.9. The fourth-order valence-corrected chi connectivity index (χ4v) is 4.66. The van der Waals surface area contributed by atoms with E-state index in [1.54, 1.807) is 18.3 Å². The number of hydrogen-bond acceptors (Lipinski definition) is 4. The highest BCUT2D eigenvalue weighted by atomic mass is 35.5. The maximum Gasteiger partial charge on any atom is 0.410 e. The van der Waals surface area contributed by atoms with Crippen molar-refractivity contribution in [2.24, 2.45) is 5.92 Å². The van der Waals surface area contributed by atoms with Gasteiger partial charge in [0.25, 0.3) is 5.91 Å². The maximum absolute atomic E-state index is 12.7. The summed E-state index contributed by atoms with van der Waals surface area (Å²) in [5.74, 6) is 0.279. The molecular formula is C28H38ClN3O3. The van der Waals surface area contributed by atoms with Gasteiger partial charge in [-0.15, -0.1) is 0 Å². The smallest absolute Gasteiger partial charge is 0.410 e. The molecule has 35 heavy (non-hydrogen) atoms. The molecule has 7 heteroatoms. The molecule has 1 aromatic carbocycles. The molecule has 1 N–H and O–H groups in total. The molecule has 0 saturated carbocycles. The SMILES string of the molecule is CC(C)(C)OC(=O)N1CCC(CCc2cc(NC(=O)c3cccnc3Cl)ccc2C(C)(C)C)CC1. The van der Waals surface area contributed by atoms with Crippen molar-refractivity contribution in [1.29, 1.82) is 0 Å². The number of rotatable bonds is 5. The van der Waals surface area contributed by atoms with Crippen LogP contribution in [0.3, 0.4) is 0 Å². The summed E-state index contributed by atoms with van der Waals surface area (Å²) in [5.41, 5.74) is 3.14. The molecule has 0 aliphatic carbocycles. The summed E-state index contributed by atoms with van der Waals surface area (Å²) in [6.07, 6.45) is 5.24. The number of hydrogen-bond donors (Lipinski definition) is 1. The number of likely N-dealkylation sites (tertiary alicyclic amines) is 1. The summed E-state index contributed by atoms with van der Waals surface area (Å²) in [6.45, 7) is 13.8. The van der Waals surface area contributed by atoms with Crippen LogP contribution >= 0.6 is 11.6 Å². The molecular weight excluding hydrogens is 462 g/mol. The van der Waals surface area contributed by atoms with E-state index in [9.17, 15) is 9.59 Å². The van der Waals surface area contributed by atoms with Crippen molar-refractivity contribution in [3.05, 3.63) is 58.4 Å². The molecule has 0 bridgehead atoms. The number of aryl methyl sites for hydroxylation is 1. The predicted octanol–water partition coefficient (Wildman–Crippen LogP) is 6.86. The van der Waals surface area contributed by atoms with Gasteiger partial charge in [0.2, 0.25) is 0 Å². The highest BCUT2D eigenvalue weighted by molar-refractivity contribution is 6.33. The molecule has 2 heterocycles. The Balaban J connectivity index is 1.65. The molecule has 2 aromatic rings. The van der Waals surface area contributed by atoms with Crippen LogP contribution in [0.5, 0.6) is 0 Å². The minimum absolute atomic E-state index is 0.00932. The van der Waals surface area contributed by atoms with Crippen molar-refractivity contribution < 1.29 is 14.3 Å². The zero-order chi connectivity index (χ0) is 25.8. The van der Waals surface area contributed by atoms with Crippen molar-refractivity contribution in [1.82, 2.24) is 9.88 Å². The van der Waals surface area contributed by atoms with Crippen molar-refractivity contribution in [3.8, 4) is 0 Å². The zero-order valence-electron chi connectivity index (χ0n) is 21.8. The molecule has 1 aromatic heterocycles.